The molecule has 0 bridgehead atoms. The van der Waals surface area contributed by atoms with Gasteiger partial charge in [-0.3, -0.25) is 4.79 Å². The Kier molecular flexibility index (Phi) is 5.51. The summed E-state index contributed by atoms with van der Waals surface area (Å²) in [7, 11) is 3.43. The molecule has 6 heteroatoms. The highest BCUT2D eigenvalue weighted by molar-refractivity contribution is 6.29. The number of rotatable bonds is 5. The second-order valence-electron chi connectivity index (χ2n) is 3.93. The van der Waals surface area contributed by atoms with Crippen molar-refractivity contribution in [2.24, 2.45) is 0 Å². The van der Waals surface area contributed by atoms with Crippen LogP contribution in [0.5, 0.6) is 0 Å². The molecule has 0 aliphatic heterocycles. The van der Waals surface area contributed by atoms with Gasteiger partial charge in [-0.15, -0.1) is 0 Å². The smallest absolute Gasteiger partial charge is 0.343 e. The quantitative estimate of drug-likeness (QED) is 0.206. The average Bonchev–Trinajstić information content (AvgIpc) is 2.36. The van der Waals surface area contributed by atoms with Gasteiger partial charge in [0.1, 0.15) is 10.7 Å². The molecule has 0 saturated carbocycles. The van der Waals surface area contributed by atoms with Gasteiger partial charge in [0.2, 0.25) is 5.78 Å². The van der Waals surface area contributed by atoms with Crippen molar-refractivity contribution < 1.29 is 14.3 Å². The molecular formula is C13H15ClN2O3. The fourth-order valence-electron chi connectivity index (χ4n) is 1.34. The highest BCUT2D eigenvalue weighted by Crippen LogP contribution is 2.12. The third-order valence-corrected chi connectivity index (χ3v) is 2.34. The van der Waals surface area contributed by atoms with Gasteiger partial charge >= 0.3 is 5.97 Å². The van der Waals surface area contributed by atoms with Gasteiger partial charge in [0.25, 0.3) is 0 Å². The molecule has 1 aromatic heterocycles. The fraction of sp³-hybridized carbons (Fsp3) is 0.308. The standard InChI is InChI=1S/C13H15ClN2O3/c1-4-19-13(18)10(8-16(2)3)12(17)9-5-6-11(14)15-7-9/h5-8H,4H2,1-3H3/b10-8-. The minimum atomic E-state index is -0.656. The van der Waals surface area contributed by atoms with Gasteiger partial charge < -0.3 is 9.64 Å². The van der Waals surface area contributed by atoms with Crippen molar-refractivity contribution in [3.05, 3.63) is 40.8 Å². The van der Waals surface area contributed by atoms with E-state index in [9.17, 15) is 9.59 Å². The summed E-state index contributed by atoms with van der Waals surface area (Å²) in [6.07, 6.45) is 2.75. The summed E-state index contributed by atoms with van der Waals surface area (Å²) >= 11 is 5.66. The van der Waals surface area contributed by atoms with E-state index in [1.807, 2.05) is 0 Å². The molecule has 102 valence electrons. The predicted octanol–water partition coefficient (Wildman–Crippen LogP) is 1.93. The molecule has 0 saturated heterocycles. The van der Waals surface area contributed by atoms with Crippen LogP contribution in [0.4, 0.5) is 0 Å². The largest absolute Gasteiger partial charge is 0.462 e. The first-order chi connectivity index (χ1) is 8.95. The first kappa shape index (κ1) is 15.2. The molecule has 0 amide bonds. The van der Waals surface area contributed by atoms with Crippen LogP contribution in [-0.2, 0) is 9.53 Å². The van der Waals surface area contributed by atoms with Crippen LogP contribution in [0.1, 0.15) is 17.3 Å². The number of ketones is 1. The van der Waals surface area contributed by atoms with Crippen molar-refractivity contribution in [1.29, 1.82) is 0 Å². The molecule has 0 radical (unpaired) electrons. The van der Waals surface area contributed by atoms with Gasteiger partial charge in [0, 0.05) is 32.1 Å². The van der Waals surface area contributed by atoms with E-state index in [0.29, 0.717) is 0 Å². The third-order valence-electron chi connectivity index (χ3n) is 2.12. The highest BCUT2D eigenvalue weighted by Gasteiger charge is 2.21. The Labute approximate surface area is 116 Å². The lowest BCUT2D eigenvalue weighted by Crippen LogP contribution is -2.19. The molecule has 0 aromatic carbocycles. The molecule has 1 aromatic rings. The number of carbonyl (C=O) groups is 2. The molecule has 0 aliphatic carbocycles. The SMILES string of the molecule is CCOC(=O)/C(=C\N(C)C)C(=O)c1ccc(Cl)nc1. The van der Waals surface area contributed by atoms with Gasteiger partial charge in [-0.1, -0.05) is 11.6 Å². The molecular weight excluding hydrogens is 268 g/mol. The lowest BCUT2D eigenvalue weighted by molar-refractivity contribution is -0.138. The normalized spacial score (nSPS) is 11.1. The monoisotopic (exact) mass is 282 g/mol. The number of ether oxygens (including phenoxy) is 1. The molecule has 0 spiro atoms. The van der Waals surface area contributed by atoms with E-state index >= 15 is 0 Å². The first-order valence-corrected chi connectivity index (χ1v) is 6.05. The zero-order chi connectivity index (χ0) is 14.4. The molecule has 1 heterocycles. The number of hydrogen-bond acceptors (Lipinski definition) is 5. The summed E-state index contributed by atoms with van der Waals surface area (Å²) in [6, 6.07) is 3.01. The lowest BCUT2D eigenvalue weighted by atomic mass is 10.1. The molecule has 1 rings (SSSR count). The van der Waals surface area contributed by atoms with Crippen LogP contribution in [0.25, 0.3) is 0 Å². The van der Waals surface area contributed by atoms with Crippen LogP contribution < -0.4 is 0 Å². The molecule has 5 nitrogen and oxygen atoms in total. The molecule has 0 fully saturated rings. The van der Waals surface area contributed by atoms with E-state index in [-0.39, 0.29) is 22.9 Å². The minimum absolute atomic E-state index is 0.0454. The number of pyridine rings is 1. The average molecular weight is 283 g/mol. The Hall–Kier alpha value is -1.88. The van der Waals surface area contributed by atoms with E-state index in [2.05, 4.69) is 4.98 Å². The van der Waals surface area contributed by atoms with E-state index in [1.165, 1.54) is 24.5 Å². The molecule has 0 unspecified atom stereocenters. The Morgan fingerprint density at radius 2 is 2.11 bits per heavy atom. The molecule has 0 aliphatic rings. The van der Waals surface area contributed by atoms with Gasteiger partial charge in [-0.25, -0.2) is 9.78 Å². The third kappa shape index (κ3) is 4.37. The maximum atomic E-state index is 12.2. The van der Waals surface area contributed by atoms with Crippen LogP contribution in [-0.4, -0.2) is 42.3 Å². The number of aromatic nitrogens is 1. The van der Waals surface area contributed by atoms with Gasteiger partial charge in [-0.2, -0.15) is 0 Å². The topological polar surface area (TPSA) is 59.5 Å². The van der Waals surface area contributed by atoms with Gasteiger partial charge in [0.15, 0.2) is 0 Å². The summed E-state index contributed by atoms with van der Waals surface area (Å²) in [5, 5.41) is 0.283. The first-order valence-electron chi connectivity index (χ1n) is 5.67. The number of Topliss-reactive ketones (excluding diaryl/α,β-unsaturated/α-hetero) is 1. The van der Waals surface area contributed by atoms with Crippen molar-refractivity contribution in [2.45, 2.75) is 6.92 Å². The van der Waals surface area contributed by atoms with Crippen molar-refractivity contribution in [2.75, 3.05) is 20.7 Å². The van der Waals surface area contributed by atoms with Crippen molar-refractivity contribution in [1.82, 2.24) is 9.88 Å². The summed E-state index contributed by atoms with van der Waals surface area (Å²) in [5.41, 5.74) is 0.238. The molecule has 19 heavy (non-hydrogen) atoms. The van der Waals surface area contributed by atoms with Gasteiger partial charge in [-0.05, 0) is 19.1 Å². The summed E-state index contributed by atoms with van der Waals surface area (Å²) < 4.78 is 4.87. The van der Waals surface area contributed by atoms with Crippen LogP contribution in [0.15, 0.2) is 30.1 Å². The van der Waals surface area contributed by atoms with Crippen LogP contribution in [0, 0.1) is 0 Å². The Balaban J connectivity index is 3.08. The highest BCUT2D eigenvalue weighted by atomic mass is 35.5. The number of halogens is 1. The minimum Gasteiger partial charge on any atom is -0.462 e. The van der Waals surface area contributed by atoms with Crippen LogP contribution in [0.2, 0.25) is 5.15 Å². The Bertz CT molecular complexity index is 495. The van der Waals surface area contributed by atoms with Crippen LogP contribution in [0.3, 0.4) is 0 Å². The van der Waals surface area contributed by atoms with E-state index in [1.54, 1.807) is 25.9 Å². The fourth-order valence-corrected chi connectivity index (χ4v) is 1.45. The second kappa shape index (κ2) is 6.89. The van der Waals surface area contributed by atoms with E-state index < -0.39 is 11.8 Å². The lowest BCUT2D eigenvalue weighted by Gasteiger charge is -2.10. The zero-order valence-corrected chi connectivity index (χ0v) is 11.8. The van der Waals surface area contributed by atoms with E-state index in [4.69, 9.17) is 16.3 Å². The maximum Gasteiger partial charge on any atom is 0.343 e. The molecule has 0 atom stereocenters. The number of nitrogens with zero attached hydrogens (tertiary/aromatic N) is 2. The predicted molar refractivity (Wildman–Crippen MR) is 72.0 cm³/mol. The molecule has 0 N–H and O–H groups in total. The zero-order valence-electron chi connectivity index (χ0n) is 11.0. The second-order valence-corrected chi connectivity index (χ2v) is 4.31. The maximum absolute atomic E-state index is 12.2. The summed E-state index contributed by atoms with van der Waals surface area (Å²) in [5.74, 6) is -1.10. The summed E-state index contributed by atoms with van der Waals surface area (Å²) in [4.78, 5) is 29.4. The number of carbonyl (C=O) groups excluding carboxylic acids is 2. The van der Waals surface area contributed by atoms with Crippen molar-refractivity contribution in [3.63, 3.8) is 0 Å². The Morgan fingerprint density at radius 1 is 1.42 bits per heavy atom. The van der Waals surface area contributed by atoms with Crippen LogP contribution >= 0.6 is 11.6 Å². The van der Waals surface area contributed by atoms with E-state index in [0.717, 1.165) is 0 Å². The van der Waals surface area contributed by atoms with Gasteiger partial charge in [0.05, 0.1) is 6.61 Å². The Morgan fingerprint density at radius 3 is 2.58 bits per heavy atom. The number of hydrogen-bond donors (Lipinski definition) is 0. The van der Waals surface area contributed by atoms with Crippen molar-refractivity contribution >= 4 is 23.4 Å². The summed E-state index contributed by atoms with van der Waals surface area (Å²) in [6.45, 7) is 1.88. The number of esters is 1. The van der Waals surface area contributed by atoms with Crippen molar-refractivity contribution in [3.8, 4) is 0 Å².